The normalized spacial score (nSPS) is 34.8. The number of anilines is 1. The van der Waals surface area contributed by atoms with Crippen molar-refractivity contribution in [1.29, 1.82) is 0 Å². The van der Waals surface area contributed by atoms with Crippen LogP contribution in [-0.2, 0) is 9.47 Å². The lowest BCUT2D eigenvalue weighted by Gasteiger charge is -2.40. The minimum absolute atomic E-state index is 0.0686. The molecule has 2 aliphatic rings. The van der Waals surface area contributed by atoms with Gasteiger partial charge >= 0.3 is 0 Å². The van der Waals surface area contributed by atoms with Crippen molar-refractivity contribution in [3.05, 3.63) is 65.2 Å². The molecule has 4 rings (SSSR count). The molecular weight excluding hydrogens is 474 g/mol. The fraction of sp³-hybridized carbons (Fsp3) is 0.480. The Labute approximate surface area is 207 Å². The number of hydrogen-bond donors (Lipinski definition) is 8. The summed E-state index contributed by atoms with van der Waals surface area (Å²) in [5.74, 6) is -0.452. The van der Waals surface area contributed by atoms with Crippen molar-refractivity contribution >= 4 is 11.6 Å². The SMILES string of the molecule is O=C(Nc1ccc(C2O[C@H](CO)C(O)C[C@@H]2O)cc1)c1cccc([C@H]2OC(CO)[C@@H](O)C(O)C2O)c1. The molecule has 9 atom stereocenters. The van der Waals surface area contributed by atoms with E-state index in [0.29, 0.717) is 16.8 Å². The smallest absolute Gasteiger partial charge is 0.255 e. The number of rotatable bonds is 6. The largest absolute Gasteiger partial charge is 0.394 e. The number of nitrogens with one attached hydrogen (secondary N) is 1. The second kappa shape index (κ2) is 11.3. The first-order valence-electron chi connectivity index (χ1n) is 11.7. The Kier molecular flexibility index (Phi) is 8.35. The molecule has 0 saturated carbocycles. The van der Waals surface area contributed by atoms with Crippen LogP contribution in [-0.4, -0.2) is 97.6 Å². The van der Waals surface area contributed by atoms with Crippen molar-refractivity contribution in [3.8, 4) is 0 Å². The number of benzene rings is 2. The molecule has 8 N–H and O–H groups in total. The van der Waals surface area contributed by atoms with E-state index < -0.39 is 67.4 Å². The molecule has 0 radical (unpaired) electrons. The second-order valence-electron chi connectivity index (χ2n) is 9.10. The van der Waals surface area contributed by atoms with Crippen LogP contribution in [0.2, 0.25) is 0 Å². The van der Waals surface area contributed by atoms with Gasteiger partial charge in [-0.15, -0.1) is 0 Å². The van der Waals surface area contributed by atoms with Gasteiger partial charge in [-0.3, -0.25) is 4.79 Å². The van der Waals surface area contributed by atoms with E-state index in [1.165, 1.54) is 6.07 Å². The van der Waals surface area contributed by atoms with Crippen LogP contribution < -0.4 is 5.32 Å². The van der Waals surface area contributed by atoms with Crippen LogP contribution in [0.15, 0.2) is 48.5 Å². The summed E-state index contributed by atoms with van der Waals surface area (Å²) in [7, 11) is 0. The minimum Gasteiger partial charge on any atom is -0.394 e. The van der Waals surface area contributed by atoms with Crippen LogP contribution in [0.5, 0.6) is 0 Å². The summed E-state index contributed by atoms with van der Waals surface area (Å²) >= 11 is 0. The van der Waals surface area contributed by atoms with Gasteiger partial charge in [-0.2, -0.15) is 0 Å². The van der Waals surface area contributed by atoms with Crippen LogP contribution in [0, 0.1) is 0 Å². The maximum Gasteiger partial charge on any atom is 0.255 e. The molecule has 0 aromatic heterocycles. The quantitative estimate of drug-likeness (QED) is 0.242. The molecule has 2 fully saturated rings. The zero-order chi connectivity index (χ0) is 26.0. The monoisotopic (exact) mass is 505 g/mol. The first-order valence-corrected chi connectivity index (χ1v) is 11.7. The number of amides is 1. The zero-order valence-electron chi connectivity index (χ0n) is 19.3. The van der Waals surface area contributed by atoms with E-state index in [1.54, 1.807) is 42.5 Å². The van der Waals surface area contributed by atoms with E-state index in [1.807, 2.05) is 0 Å². The Bertz CT molecular complexity index is 1030. The van der Waals surface area contributed by atoms with E-state index >= 15 is 0 Å². The molecule has 0 bridgehead atoms. The number of aliphatic hydroxyl groups excluding tert-OH is 7. The molecule has 1 amide bonds. The van der Waals surface area contributed by atoms with Gasteiger partial charge in [0.05, 0.1) is 25.4 Å². The van der Waals surface area contributed by atoms with E-state index in [0.717, 1.165) is 0 Å². The fourth-order valence-corrected chi connectivity index (χ4v) is 4.55. The predicted octanol–water partition coefficient (Wildman–Crippen LogP) is -1.00. The first-order chi connectivity index (χ1) is 17.2. The molecule has 0 aliphatic carbocycles. The van der Waals surface area contributed by atoms with Crippen molar-refractivity contribution in [2.75, 3.05) is 18.5 Å². The molecule has 2 aromatic carbocycles. The average molecular weight is 506 g/mol. The summed E-state index contributed by atoms with van der Waals surface area (Å²) in [6.45, 7) is -0.928. The van der Waals surface area contributed by atoms with Gasteiger partial charge in [0.1, 0.15) is 42.7 Å². The topological polar surface area (TPSA) is 189 Å². The summed E-state index contributed by atoms with van der Waals surface area (Å²) in [6.07, 6.45) is -9.96. The highest BCUT2D eigenvalue weighted by Crippen LogP contribution is 2.34. The molecule has 11 heteroatoms. The van der Waals surface area contributed by atoms with Gasteiger partial charge < -0.3 is 50.5 Å². The maximum absolute atomic E-state index is 12.9. The third-order valence-electron chi connectivity index (χ3n) is 6.63. The Morgan fingerprint density at radius 3 is 2.11 bits per heavy atom. The summed E-state index contributed by atoms with van der Waals surface area (Å²) in [4.78, 5) is 12.9. The van der Waals surface area contributed by atoms with Gasteiger partial charge in [-0.25, -0.2) is 0 Å². The lowest BCUT2D eigenvalue weighted by Crippen LogP contribution is -2.55. The maximum atomic E-state index is 12.9. The van der Waals surface area contributed by atoms with Gasteiger partial charge in [-0.1, -0.05) is 24.3 Å². The van der Waals surface area contributed by atoms with Gasteiger partial charge in [-0.05, 0) is 35.4 Å². The minimum atomic E-state index is -1.53. The molecule has 2 aromatic rings. The van der Waals surface area contributed by atoms with Crippen molar-refractivity contribution in [1.82, 2.24) is 0 Å². The van der Waals surface area contributed by atoms with Crippen molar-refractivity contribution in [3.63, 3.8) is 0 Å². The third-order valence-corrected chi connectivity index (χ3v) is 6.63. The van der Waals surface area contributed by atoms with E-state index in [9.17, 15) is 40.5 Å². The summed E-state index contributed by atoms with van der Waals surface area (Å²) in [5.41, 5.74) is 1.72. The molecule has 11 nitrogen and oxygen atoms in total. The molecule has 2 aliphatic heterocycles. The number of carbonyl (C=O) groups is 1. The second-order valence-corrected chi connectivity index (χ2v) is 9.10. The van der Waals surface area contributed by atoms with Crippen molar-refractivity contribution in [2.45, 2.75) is 61.4 Å². The van der Waals surface area contributed by atoms with Gasteiger partial charge in [0, 0.05) is 17.7 Å². The van der Waals surface area contributed by atoms with Crippen molar-refractivity contribution < 1.29 is 50.0 Å². The first kappa shape index (κ1) is 26.6. The number of carbonyl (C=O) groups excluding carboxylic acids is 1. The standard InChI is InChI=1S/C25H31NO10/c27-10-18-16(29)9-17(30)23(35-18)12-4-6-15(7-5-12)26-25(34)14-3-1-2-13(8-14)24-22(33)21(32)20(31)19(11-28)36-24/h1-8,16-24,27-33H,9-11H2,(H,26,34)/t16?,17-,18+,19?,20+,21?,22?,23?,24+/m0/s1. The Morgan fingerprint density at radius 1 is 0.778 bits per heavy atom. The average Bonchev–Trinajstić information content (AvgIpc) is 2.88. The third kappa shape index (κ3) is 5.44. The van der Waals surface area contributed by atoms with Gasteiger partial charge in [0.2, 0.25) is 0 Å². The van der Waals surface area contributed by atoms with Crippen molar-refractivity contribution in [2.24, 2.45) is 0 Å². The summed E-state index contributed by atoms with van der Waals surface area (Å²) < 4.78 is 11.2. The Hall–Kier alpha value is -2.45. The number of ether oxygens (including phenoxy) is 2. The van der Waals surface area contributed by atoms with Gasteiger partial charge in [0.15, 0.2) is 0 Å². The molecular formula is C25H31NO10. The molecule has 196 valence electrons. The summed E-state index contributed by atoms with van der Waals surface area (Å²) in [5, 5.41) is 72.1. The summed E-state index contributed by atoms with van der Waals surface area (Å²) in [6, 6.07) is 12.8. The fourth-order valence-electron chi connectivity index (χ4n) is 4.55. The van der Waals surface area contributed by atoms with Crippen LogP contribution in [0.3, 0.4) is 0 Å². The van der Waals surface area contributed by atoms with Crippen LogP contribution >= 0.6 is 0 Å². The molecule has 0 spiro atoms. The molecule has 2 heterocycles. The zero-order valence-corrected chi connectivity index (χ0v) is 19.3. The van der Waals surface area contributed by atoms with E-state index in [4.69, 9.17) is 9.47 Å². The Morgan fingerprint density at radius 2 is 1.44 bits per heavy atom. The molecule has 36 heavy (non-hydrogen) atoms. The number of hydrogen-bond acceptors (Lipinski definition) is 10. The molecule has 2 saturated heterocycles. The predicted molar refractivity (Wildman–Crippen MR) is 125 cm³/mol. The molecule has 5 unspecified atom stereocenters. The van der Waals surface area contributed by atoms with E-state index in [2.05, 4.69) is 5.32 Å². The highest BCUT2D eigenvalue weighted by atomic mass is 16.5. The lowest BCUT2D eigenvalue weighted by atomic mass is 9.90. The Balaban J connectivity index is 1.45. The van der Waals surface area contributed by atoms with Gasteiger partial charge in [0.25, 0.3) is 5.91 Å². The van der Waals surface area contributed by atoms with Crippen LogP contribution in [0.25, 0.3) is 0 Å². The lowest BCUT2D eigenvalue weighted by molar-refractivity contribution is -0.231. The highest BCUT2D eigenvalue weighted by Gasteiger charge is 2.44. The van der Waals surface area contributed by atoms with Crippen LogP contribution in [0.4, 0.5) is 5.69 Å². The van der Waals surface area contributed by atoms with Crippen LogP contribution in [0.1, 0.15) is 40.1 Å². The highest BCUT2D eigenvalue weighted by molar-refractivity contribution is 6.04. The number of aliphatic hydroxyl groups is 7. The van der Waals surface area contributed by atoms with E-state index in [-0.39, 0.29) is 18.6 Å².